The molecule has 14 heteroatoms. The lowest BCUT2D eigenvalue weighted by atomic mass is 9.88. The third kappa shape index (κ3) is 8.30. The van der Waals surface area contributed by atoms with Crippen molar-refractivity contribution in [3.63, 3.8) is 0 Å². The molecule has 0 bridgehead atoms. The fourth-order valence-corrected chi connectivity index (χ4v) is 6.14. The molecule has 0 spiro atoms. The molecule has 1 aliphatic heterocycles. The smallest absolute Gasteiger partial charge is 0.325 e. The van der Waals surface area contributed by atoms with E-state index >= 15 is 4.39 Å². The Morgan fingerprint density at radius 3 is 2.37 bits per heavy atom. The van der Waals surface area contributed by atoms with Crippen LogP contribution in [0.15, 0.2) is 36.5 Å². The first-order valence-electron chi connectivity index (χ1n) is 16.3. The molecule has 13 nitrogen and oxygen atoms in total. The van der Waals surface area contributed by atoms with Crippen LogP contribution in [-0.4, -0.2) is 85.7 Å². The monoisotopic (exact) mass is 675 g/mol. The molecule has 5 rings (SSSR count). The number of ether oxygens (including phenoxy) is 1. The first-order valence-corrected chi connectivity index (χ1v) is 16.3. The van der Waals surface area contributed by atoms with Crippen LogP contribution in [0.5, 0.6) is 0 Å². The van der Waals surface area contributed by atoms with Crippen molar-refractivity contribution in [1.29, 1.82) is 0 Å². The highest BCUT2D eigenvalue weighted by atomic mass is 19.1. The van der Waals surface area contributed by atoms with E-state index in [0.29, 0.717) is 64.6 Å². The van der Waals surface area contributed by atoms with Gasteiger partial charge in [0.1, 0.15) is 30.0 Å². The molecule has 3 heterocycles. The average Bonchev–Trinajstić information content (AvgIpc) is 3.61. The molecule has 0 radical (unpaired) electrons. The highest BCUT2D eigenvalue weighted by molar-refractivity contribution is 6.00. The standard InChI is InChI=1S/C35H42FN7O6/c1-21(44)9-12-29(47)42-15-13-22(14-16-42)33-31-24(25-11-10-23-17-39-41(5)34(23)32(25)36)7-6-8-26(31)43(40-33)20-28(46)37-18-27(45)38-19-30(48)49-35(2,3)4/h6-8,10-11,17,22H,9,12-16,18-20H2,1-5H3,(H,37,46)(H,38,45). The molecule has 1 saturated heterocycles. The van der Waals surface area contributed by atoms with Gasteiger partial charge < -0.3 is 25.1 Å². The van der Waals surface area contributed by atoms with Gasteiger partial charge >= 0.3 is 5.97 Å². The maximum absolute atomic E-state index is 16.1. The van der Waals surface area contributed by atoms with Crippen molar-refractivity contribution in [2.45, 2.75) is 71.4 Å². The summed E-state index contributed by atoms with van der Waals surface area (Å²) in [6.07, 6.45) is 3.18. The molecule has 3 amide bonds. The number of carbonyl (C=O) groups excluding carboxylic acids is 5. The first kappa shape index (κ1) is 35.2. The molecule has 2 aromatic heterocycles. The van der Waals surface area contributed by atoms with Crippen molar-refractivity contribution >= 4 is 51.3 Å². The van der Waals surface area contributed by atoms with E-state index in [2.05, 4.69) is 15.7 Å². The number of hydrogen-bond acceptors (Lipinski definition) is 8. The lowest BCUT2D eigenvalue weighted by Gasteiger charge is -2.31. The zero-order valence-corrected chi connectivity index (χ0v) is 28.5. The molecule has 0 atom stereocenters. The van der Waals surface area contributed by atoms with Crippen LogP contribution >= 0.6 is 0 Å². The number of nitrogens with one attached hydrogen (secondary N) is 2. The maximum Gasteiger partial charge on any atom is 0.325 e. The Morgan fingerprint density at radius 1 is 0.959 bits per heavy atom. The van der Waals surface area contributed by atoms with Gasteiger partial charge in [0.15, 0.2) is 5.82 Å². The predicted octanol–water partition coefficient (Wildman–Crippen LogP) is 3.38. The number of carbonyl (C=O) groups is 5. The van der Waals surface area contributed by atoms with Gasteiger partial charge in [-0.05, 0) is 52.2 Å². The summed E-state index contributed by atoms with van der Waals surface area (Å²) >= 11 is 0. The largest absolute Gasteiger partial charge is 0.459 e. The molecular weight excluding hydrogens is 633 g/mol. The fraction of sp³-hybridized carbons (Fsp3) is 0.457. The lowest BCUT2D eigenvalue weighted by Crippen LogP contribution is -2.41. The molecule has 1 aliphatic rings. The summed E-state index contributed by atoms with van der Waals surface area (Å²) < 4.78 is 24.3. The summed E-state index contributed by atoms with van der Waals surface area (Å²) in [6.45, 7) is 6.68. The van der Waals surface area contributed by atoms with Crippen molar-refractivity contribution in [2.24, 2.45) is 7.05 Å². The predicted molar refractivity (Wildman–Crippen MR) is 180 cm³/mol. The number of benzene rings is 2. The van der Waals surface area contributed by atoms with E-state index in [9.17, 15) is 24.0 Å². The maximum atomic E-state index is 16.1. The Morgan fingerprint density at radius 2 is 1.67 bits per heavy atom. The summed E-state index contributed by atoms with van der Waals surface area (Å²) in [7, 11) is 1.68. The molecule has 49 heavy (non-hydrogen) atoms. The Balaban J connectivity index is 1.40. The number of amides is 3. The number of aryl methyl sites for hydroxylation is 1. The van der Waals surface area contributed by atoms with Gasteiger partial charge in [-0.1, -0.05) is 24.3 Å². The van der Waals surface area contributed by atoms with Crippen LogP contribution in [0.3, 0.4) is 0 Å². The van der Waals surface area contributed by atoms with Gasteiger partial charge in [-0.15, -0.1) is 0 Å². The molecule has 2 N–H and O–H groups in total. The number of Topliss-reactive ketones (excluding diaryl/α,β-unsaturated/α-hetero) is 1. The van der Waals surface area contributed by atoms with Gasteiger partial charge in [-0.2, -0.15) is 10.2 Å². The number of aromatic nitrogens is 4. The highest BCUT2D eigenvalue weighted by Gasteiger charge is 2.30. The zero-order valence-electron chi connectivity index (χ0n) is 28.5. The van der Waals surface area contributed by atoms with Gasteiger partial charge in [-0.25, -0.2) is 4.39 Å². The highest BCUT2D eigenvalue weighted by Crippen LogP contribution is 2.40. The van der Waals surface area contributed by atoms with Crippen molar-refractivity contribution < 1.29 is 33.1 Å². The molecule has 4 aromatic rings. The Bertz CT molecular complexity index is 1920. The van der Waals surface area contributed by atoms with Gasteiger partial charge in [0.2, 0.25) is 17.7 Å². The molecule has 0 saturated carbocycles. The van der Waals surface area contributed by atoms with Crippen molar-refractivity contribution in [1.82, 2.24) is 35.1 Å². The molecular formula is C35H42FN7O6. The minimum Gasteiger partial charge on any atom is -0.459 e. The van der Waals surface area contributed by atoms with Gasteiger partial charge in [0.05, 0.1) is 24.0 Å². The Hall–Kier alpha value is -5.14. The zero-order chi connectivity index (χ0) is 35.5. The number of esters is 1. The average molecular weight is 676 g/mol. The lowest BCUT2D eigenvalue weighted by molar-refractivity contribution is -0.154. The summed E-state index contributed by atoms with van der Waals surface area (Å²) in [4.78, 5) is 63.2. The molecule has 2 aromatic carbocycles. The number of fused-ring (bicyclic) bond motifs is 2. The van der Waals surface area contributed by atoms with E-state index < -0.39 is 29.2 Å². The SMILES string of the molecule is CC(=O)CCC(=O)N1CCC(c2nn(CC(=O)NCC(=O)NCC(=O)OC(C)(C)C)c3cccc(-c4ccc5cnn(C)c5c4F)c23)CC1. The normalized spacial score (nSPS) is 13.9. The van der Waals surface area contributed by atoms with Gasteiger partial charge in [-0.3, -0.25) is 28.5 Å². The van der Waals surface area contributed by atoms with Crippen molar-refractivity contribution in [3.05, 3.63) is 48.0 Å². The van der Waals surface area contributed by atoms with Crippen LogP contribution in [0.25, 0.3) is 32.9 Å². The van der Waals surface area contributed by atoms with Crippen LogP contribution in [-0.2, 0) is 42.3 Å². The number of halogens is 1. The number of likely N-dealkylation sites (tertiary alicyclic amines) is 1. The summed E-state index contributed by atoms with van der Waals surface area (Å²) in [5.41, 5.74) is 1.95. The third-order valence-corrected chi connectivity index (χ3v) is 8.45. The summed E-state index contributed by atoms with van der Waals surface area (Å²) in [5, 5.41) is 15.5. The van der Waals surface area contributed by atoms with E-state index in [-0.39, 0.29) is 50.1 Å². The molecule has 0 unspecified atom stereocenters. The number of piperidine rings is 1. The third-order valence-electron chi connectivity index (χ3n) is 8.45. The van der Waals surface area contributed by atoms with E-state index in [1.165, 1.54) is 11.6 Å². The Kier molecular flexibility index (Phi) is 10.4. The minimum atomic E-state index is -0.691. The molecule has 1 fully saturated rings. The number of nitrogens with zero attached hydrogens (tertiary/aromatic N) is 5. The molecule has 0 aliphatic carbocycles. The second-order valence-electron chi connectivity index (χ2n) is 13.4. The van der Waals surface area contributed by atoms with Crippen LogP contribution in [0.4, 0.5) is 4.39 Å². The van der Waals surface area contributed by atoms with Crippen LogP contribution < -0.4 is 10.6 Å². The van der Waals surface area contributed by atoms with E-state index in [0.717, 1.165) is 0 Å². The molecule has 260 valence electrons. The number of hydrogen-bond donors (Lipinski definition) is 2. The van der Waals surface area contributed by atoms with Gasteiger partial charge in [0, 0.05) is 55.2 Å². The fourth-order valence-electron chi connectivity index (χ4n) is 6.14. The van der Waals surface area contributed by atoms with Crippen molar-refractivity contribution in [3.8, 4) is 11.1 Å². The van der Waals surface area contributed by atoms with Crippen LogP contribution in [0.2, 0.25) is 0 Å². The summed E-state index contributed by atoms with van der Waals surface area (Å²) in [6, 6.07) is 8.96. The van der Waals surface area contributed by atoms with E-state index in [1.807, 2.05) is 18.2 Å². The second-order valence-corrected chi connectivity index (χ2v) is 13.4. The van der Waals surface area contributed by atoms with Crippen molar-refractivity contribution in [2.75, 3.05) is 26.2 Å². The Labute approximate surface area is 283 Å². The van der Waals surface area contributed by atoms with Crippen LogP contribution in [0, 0.1) is 5.82 Å². The minimum absolute atomic E-state index is 0.0326. The number of rotatable bonds is 11. The quantitative estimate of drug-likeness (QED) is 0.229. The van der Waals surface area contributed by atoms with E-state index in [4.69, 9.17) is 9.84 Å². The first-order chi connectivity index (χ1) is 23.2. The second kappa shape index (κ2) is 14.5. The topological polar surface area (TPSA) is 158 Å². The van der Waals surface area contributed by atoms with Crippen LogP contribution in [0.1, 0.15) is 65.0 Å². The van der Waals surface area contributed by atoms with Gasteiger partial charge in [0.25, 0.3) is 0 Å². The van der Waals surface area contributed by atoms with E-state index in [1.54, 1.807) is 55.7 Å². The number of ketones is 1. The summed E-state index contributed by atoms with van der Waals surface area (Å²) in [5.74, 6) is -2.25.